The Morgan fingerprint density at radius 2 is 1.87 bits per heavy atom. The molecule has 198 valence electrons. The van der Waals surface area contributed by atoms with Crippen molar-refractivity contribution in [1.82, 2.24) is 9.97 Å². The average Bonchev–Trinajstić information content (AvgIpc) is 3.27. The number of hydrazine groups is 1. The molecule has 0 saturated heterocycles. The van der Waals surface area contributed by atoms with Gasteiger partial charge in [0, 0.05) is 17.8 Å². The number of nitrogens with zero attached hydrogens (tertiary/aromatic N) is 2. The first-order valence-corrected chi connectivity index (χ1v) is 11.6. The Bertz CT molecular complexity index is 1550. The van der Waals surface area contributed by atoms with Crippen molar-refractivity contribution in [3.05, 3.63) is 87.2 Å². The van der Waals surface area contributed by atoms with E-state index in [1.165, 1.54) is 25.3 Å². The minimum absolute atomic E-state index is 0.0269. The zero-order valence-electron chi connectivity index (χ0n) is 20.5. The third-order valence-corrected chi connectivity index (χ3v) is 6.28. The molecule has 4 rings (SSSR count). The summed E-state index contributed by atoms with van der Waals surface area (Å²) >= 11 is 6.17. The summed E-state index contributed by atoms with van der Waals surface area (Å²) in [6, 6.07) is 10.9. The number of ether oxygens (including phenoxy) is 1. The predicted molar refractivity (Wildman–Crippen MR) is 138 cm³/mol. The number of methoxy groups -OCH3 is 1. The van der Waals surface area contributed by atoms with E-state index in [2.05, 4.69) is 15.3 Å². The van der Waals surface area contributed by atoms with Crippen molar-refractivity contribution in [3.63, 3.8) is 0 Å². The van der Waals surface area contributed by atoms with Crippen LogP contribution in [0, 0.1) is 13.8 Å². The van der Waals surface area contributed by atoms with Gasteiger partial charge in [-0.15, -0.1) is 0 Å². The summed E-state index contributed by atoms with van der Waals surface area (Å²) < 4.78 is 46.0. The number of imidazole rings is 1. The number of hydrogen-bond acceptors (Lipinski definition) is 5. The molecule has 0 atom stereocenters. The number of H-pyrrole nitrogens is 1. The van der Waals surface area contributed by atoms with E-state index in [9.17, 15) is 22.8 Å². The standard InChI is InChI=1S/C26H23ClF3N5O3/c1-13-7-8-18(26(28,29)30)16(9-13)25(37)35(31)15-10-17(23-21(11-15)32-22(34-23)12-38-3)24(36)33-20-6-4-5-19(27)14(20)2/h4-11H,12,31H2,1-3H3,(H,32,34)(H,33,36). The van der Waals surface area contributed by atoms with Crippen LogP contribution in [0.2, 0.25) is 5.02 Å². The van der Waals surface area contributed by atoms with E-state index in [0.29, 0.717) is 38.2 Å². The number of carbonyl (C=O) groups excluding carboxylic acids is 2. The van der Waals surface area contributed by atoms with Crippen LogP contribution in [0.3, 0.4) is 0 Å². The van der Waals surface area contributed by atoms with E-state index in [-0.39, 0.29) is 23.4 Å². The Balaban J connectivity index is 1.81. The number of alkyl halides is 3. The first-order valence-electron chi connectivity index (χ1n) is 11.3. The van der Waals surface area contributed by atoms with Crippen molar-refractivity contribution in [2.24, 2.45) is 5.84 Å². The topological polar surface area (TPSA) is 113 Å². The summed E-state index contributed by atoms with van der Waals surface area (Å²) in [6.45, 7) is 3.39. The molecule has 0 bridgehead atoms. The van der Waals surface area contributed by atoms with Crippen LogP contribution in [0.15, 0.2) is 48.5 Å². The average molecular weight is 546 g/mol. The molecular weight excluding hydrogens is 523 g/mol. The quantitative estimate of drug-likeness (QED) is 0.162. The highest BCUT2D eigenvalue weighted by Crippen LogP contribution is 2.34. The minimum Gasteiger partial charge on any atom is -0.377 e. The summed E-state index contributed by atoms with van der Waals surface area (Å²) in [4.78, 5) is 34.0. The van der Waals surface area contributed by atoms with Gasteiger partial charge in [-0.1, -0.05) is 29.3 Å². The van der Waals surface area contributed by atoms with Gasteiger partial charge in [0.15, 0.2) is 0 Å². The predicted octanol–water partition coefficient (Wildman–Crippen LogP) is 5.77. The normalized spacial score (nSPS) is 11.6. The number of nitrogens with two attached hydrogens (primary N) is 1. The van der Waals surface area contributed by atoms with Gasteiger partial charge < -0.3 is 15.0 Å². The fourth-order valence-corrected chi connectivity index (χ4v) is 4.11. The number of amides is 2. The Morgan fingerprint density at radius 3 is 2.55 bits per heavy atom. The van der Waals surface area contributed by atoms with Crippen molar-refractivity contribution in [1.29, 1.82) is 0 Å². The van der Waals surface area contributed by atoms with Crippen molar-refractivity contribution >= 4 is 45.8 Å². The summed E-state index contributed by atoms with van der Waals surface area (Å²) in [5.74, 6) is 4.76. The maximum atomic E-state index is 13.6. The molecule has 0 saturated carbocycles. The Kier molecular flexibility index (Phi) is 7.45. The number of rotatable bonds is 6. The Morgan fingerprint density at radius 1 is 1.13 bits per heavy atom. The van der Waals surface area contributed by atoms with Gasteiger partial charge in [0.25, 0.3) is 11.8 Å². The third-order valence-electron chi connectivity index (χ3n) is 5.87. The van der Waals surface area contributed by atoms with Gasteiger partial charge in [-0.05, 0) is 55.8 Å². The van der Waals surface area contributed by atoms with Crippen molar-refractivity contribution in [2.45, 2.75) is 26.6 Å². The van der Waals surface area contributed by atoms with Gasteiger partial charge in [0.05, 0.1) is 27.9 Å². The second kappa shape index (κ2) is 10.4. The van der Waals surface area contributed by atoms with Crippen LogP contribution in [0.25, 0.3) is 11.0 Å². The fraction of sp³-hybridized carbons (Fsp3) is 0.192. The summed E-state index contributed by atoms with van der Waals surface area (Å²) in [6.07, 6.45) is -4.78. The lowest BCUT2D eigenvalue weighted by Crippen LogP contribution is -2.38. The summed E-state index contributed by atoms with van der Waals surface area (Å²) in [5.41, 5.74) is 0.358. The molecule has 0 radical (unpaired) electrons. The van der Waals surface area contributed by atoms with Crippen molar-refractivity contribution in [3.8, 4) is 0 Å². The van der Waals surface area contributed by atoms with E-state index < -0.39 is 29.1 Å². The van der Waals surface area contributed by atoms with Gasteiger partial charge in [-0.3, -0.25) is 9.59 Å². The third kappa shape index (κ3) is 5.35. The number of aromatic amines is 1. The number of aromatic nitrogens is 2. The summed E-state index contributed by atoms with van der Waals surface area (Å²) in [7, 11) is 1.47. The number of carbonyl (C=O) groups is 2. The van der Waals surface area contributed by atoms with Crippen LogP contribution < -0.4 is 16.2 Å². The largest absolute Gasteiger partial charge is 0.417 e. The van der Waals surface area contributed by atoms with Crippen LogP contribution in [0.1, 0.15) is 43.2 Å². The lowest BCUT2D eigenvalue weighted by Gasteiger charge is -2.21. The lowest BCUT2D eigenvalue weighted by atomic mass is 10.0. The lowest BCUT2D eigenvalue weighted by molar-refractivity contribution is -0.137. The van der Waals surface area contributed by atoms with Gasteiger partial charge in [-0.2, -0.15) is 13.2 Å². The maximum absolute atomic E-state index is 13.6. The highest BCUT2D eigenvalue weighted by molar-refractivity contribution is 6.31. The van der Waals surface area contributed by atoms with Crippen LogP contribution in [-0.4, -0.2) is 28.9 Å². The summed E-state index contributed by atoms with van der Waals surface area (Å²) in [5, 5.41) is 3.78. The highest BCUT2D eigenvalue weighted by Gasteiger charge is 2.36. The highest BCUT2D eigenvalue weighted by atomic mass is 35.5. The van der Waals surface area contributed by atoms with Crippen molar-refractivity contribution < 1.29 is 27.5 Å². The van der Waals surface area contributed by atoms with Crippen LogP contribution >= 0.6 is 11.6 Å². The molecule has 4 N–H and O–H groups in total. The first-order chi connectivity index (χ1) is 17.9. The molecule has 12 heteroatoms. The van der Waals surface area contributed by atoms with Gasteiger partial charge in [-0.25, -0.2) is 15.8 Å². The molecule has 8 nitrogen and oxygen atoms in total. The van der Waals surface area contributed by atoms with Gasteiger partial charge in [0.1, 0.15) is 17.9 Å². The zero-order valence-corrected chi connectivity index (χ0v) is 21.3. The van der Waals surface area contributed by atoms with E-state index in [1.54, 1.807) is 32.0 Å². The number of fused-ring (bicyclic) bond motifs is 1. The van der Waals surface area contributed by atoms with Gasteiger partial charge >= 0.3 is 6.18 Å². The number of halogens is 4. The molecule has 0 fully saturated rings. The zero-order chi connectivity index (χ0) is 27.8. The van der Waals surface area contributed by atoms with E-state index in [4.69, 9.17) is 22.2 Å². The smallest absolute Gasteiger partial charge is 0.377 e. The number of aryl methyl sites for hydroxylation is 1. The van der Waals surface area contributed by atoms with Crippen molar-refractivity contribution in [2.75, 3.05) is 17.4 Å². The molecule has 1 heterocycles. The van der Waals surface area contributed by atoms with Crippen LogP contribution in [-0.2, 0) is 17.5 Å². The molecule has 0 aliphatic rings. The SMILES string of the molecule is COCc1nc2c(C(=O)Nc3cccc(Cl)c3C)cc(N(N)C(=O)c3cc(C)ccc3C(F)(F)F)cc2[nH]1. The molecule has 1 aromatic heterocycles. The molecular formula is C26H23ClF3N5O3. The molecule has 3 aromatic carbocycles. The Hall–Kier alpha value is -3.93. The molecule has 4 aromatic rings. The second-order valence-electron chi connectivity index (χ2n) is 8.59. The molecule has 2 amide bonds. The monoisotopic (exact) mass is 545 g/mol. The molecule has 0 unspecified atom stereocenters. The van der Waals surface area contributed by atoms with Crippen LogP contribution in [0.4, 0.5) is 24.5 Å². The molecule has 0 aliphatic heterocycles. The number of anilines is 2. The Labute approximate surface area is 220 Å². The molecule has 38 heavy (non-hydrogen) atoms. The minimum atomic E-state index is -4.78. The van der Waals surface area contributed by atoms with E-state index >= 15 is 0 Å². The maximum Gasteiger partial charge on any atom is 0.417 e. The molecule has 0 spiro atoms. The number of nitrogens with one attached hydrogen (secondary N) is 2. The first kappa shape index (κ1) is 27.1. The van der Waals surface area contributed by atoms with E-state index in [0.717, 1.165) is 12.1 Å². The number of hydrogen-bond donors (Lipinski definition) is 3. The van der Waals surface area contributed by atoms with Gasteiger partial charge in [0.2, 0.25) is 0 Å². The van der Waals surface area contributed by atoms with E-state index in [1.807, 2.05) is 0 Å². The second-order valence-corrected chi connectivity index (χ2v) is 9.00. The number of benzene rings is 3. The molecule has 0 aliphatic carbocycles. The fourth-order valence-electron chi connectivity index (χ4n) is 3.93. The van der Waals surface area contributed by atoms with Crippen LogP contribution in [0.5, 0.6) is 0 Å².